The topological polar surface area (TPSA) is 21.3 Å². The Morgan fingerprint density at radius 1 is 1.50 bits per heavy atom. The van der Waals surface area contributed by atoms with E-state index >= 15 is 0 Å². The highest BCUT2D eigenvalue weighted by Crippen LogP contribution is 1.99. The summed E-state index contributed by atoms with van der Waals surface area (Å²) in [5, 5.41) is 3.20. The zero-order chi connectivity index (χ0) is 7.82. The maximum absolute atomic E-state index is 5.05. The fourth-order valence-electron chi connectivity index (χ4n) is 0.829. The van der Waals surface area contributed by atoms with Gasteiger partial charge in [0.25, 0.3) is 0 Å². The fourth-order valence-corrected chi connectivity index (χ4v) is 0.829. The second-order valence-electron chi connectivity index (χ2n) is 2.56. The van der Waals surface area contributed by atoms with Crippen LogP contribution in [0.2, 0.25) is 0 Å². The molecule has 62 valence electrons. The molecule has 10 heavy (non-hydrogen) atoms. The molecule has 1 aliphatic rings. The average molecular weight is 145 g/mol. The Balaban J connectivity index is 0.000000236. The molecule has 0 radical (unpaired) electrons. The van der Waals surface area contributed by atoms with Crippen LogP contribution >= 0.6 is 0 Å². The number of hydrogen-bond acceptors (Lipinski definition) is 2. The van der Waals surface area contributed by atoms with E-state index in [0.29, 0.717) is 6.10 Å². The first-order valence-corrected chi connectivity index (χ1v) is 4.08. The Morgan fingerprint density at radius 2 is 2.10 bits per heavy atom. The molecule has 2 heteroatoms. The van der Waals surface area contributed by atoms with Gasteiger partial charge in [0.2, 0.25) is 0 Å². The minimum atomic E-state index is 0.486. The van der Waals surface area contributed by atoms with E-state index in [2.05, 4.69) is 19.2 Å². The third-order valence-corrected chi connectivity index (χ3v) is 1.35. The lowest BCUT2D eigenvalue weighted by atomic mass is 10.3. The normalized spacial score (nSPS) is 23.7. The van der Waals surface area contributed by atoms with Gasteiger partial charge in [-0.1, -0.05) is 20.3 Å². The lowest BCUT2D eigenvalue weighted by molar-refractivity contribution is 0.119. The van der Waals surface area contributed by atoms with Crippen LogP contribution in [0.5, 0.6) is 0 Å². The summed E-state index contributed by atoms with van der Waals surface area (Å²) in [7, 11) is 1.76. The minimum Gasteiger partial charge on any atom is -0.380 e. The number of hydrogen-bond donors (Lipinski definition) is 1. The van der Waals surface area contributed by atoms with Gasteiger partial charge in [-0.15, -0.1) is 0 Å². The van der Waals surface area contributed by atoms with Gasteiger partial charge in [-0.3, -0.25) is 0 Å². The maximum Gasteiger partial charge on any atom is 0.0707 e. The molecule has 0 bridgehead atoms. The van der Waals surface area contributed by atoms with Crippen molar-refractivity contribution in [3.05, 3.63) is 0 Å². The quantitative estimate of drug-likeness (QED) is 0.602. The summed E-state index contributed by atoms with van der Waals surface area (Å²) in [6.45, 7) is 6.41. The monoisotopic (exact) mass is 145 g/mol. The van der Waals surface area contributed by atoms with Gasteiger partial charge in [-0.05, 0) is 13.0 Å². The molecule has 1 fully saturated rings. The van der Waals surface area contributed by atoms with Crippen LogP contribution in [0.15, 0.2) is 0 Å². The lowest BCUT2D eigenvalue weighted by Gasteiger charge is -2.01. The molecule has 1 N–H and O–H groups in total. The van der Waals surface area contributed by atoms with Gasteiger partial charge in [0.15, 0.2) is 0 Å². The van der Waals surface area contributed by atoms with Crippen LogP contribution in [0, 0.1) is 0 Å². The summed E-state index contributed by atoms with van der Waals surface area (Å²) < 4.78 is 5.05. The predicted octanol–water partition coefficient (Wildman–Crippen LogP) is 1.41. The highest BCUT2D eigenvalue weighted by molar-refractivity contribution is 4.69. The molecule has 1 atom stereocenters. The first-order chi connectivity index (χ1) is 4.85. The Morgan fingerprint density at radius 3 is 2.30 bits per heavy atom. The van der Waals surface area contributed by atoms with Crippen LogP contribution in [0.3, 0.4) is 0 Å². The number of methoxy groups -OCH3 is 1. The molecule has 1 saturated heterocycles. The van der Waals surface area contributed by atoms with Gasteiger partial charge in [0, 0.05) is 13.7 Å². The summed E-state index contributed by atoms with van der Waals surface area (Å²) in [5.41, 5.74) is 0. The lowest BCUT2D eigenvalue weighted by Crippen LogP contribution is -2.14. The van der Waals surface area contributed by atoms with E-state index in [4.69, 9.17) is 4.74 Å². The summed E-state index contributed by atoms with van der Waals surface area (Å²) >= 11 is 0. The van der Waals surface area contributed by atoms with E-state index < -0.39 is 0 Å². The van der Waals surface area contributed by atoms with Crippen molar-refractivity contribution >= 4 is 0 Å². The standard InChI is InChI=1S/C5H11NO.C3H8/c1-7-5-2-3-6-4-5;1-3-2/h5-6H,2-4H2,1H3;3H2,1-2H3. The third-order valence-electron chi connectivity index (χ3n) is 1.35. The molecule has 1 aliphatic heterocycles. The fraction of sp³-hybridized carbons (Fsp3) is 1.00. The molecule has 0 aromatic heterocycles. The van der Waals surface area contributed by atoms with E-state index in [1.807, 2.05) is 0 Å². The molecule has 0 aromatic carbocycles. The third kappa shape index (κ3) is 4.77. The van der Waals surface area contributed by atoms with Gasteiger partial charge < -0.3 is 10.1 Å². The van der Waals surface area contributed by atoms with Crippen LogP contribution < -0.4 is 5.32 Å². The van der Waals surface area contributed by atoms with Crippen molar-refractivity contribution in [2.75, 3.05) is 20.2 Å². The van der Waals surface area contributed by atoms with E-state index in [1.165, 1.54) is 12.8 Å². The Bertz CT molecular complexity index is 60.3. The first kappa shape index (κ1) is 9.92. The zero-order valence-electron chi connectivity index (χ0n) is 7.31. The van der Waals surface area contributed by atoms with Gasteiger partial charge in [0.1, 0.15) is 0 Å². The highest BCUT2D eigenvalue weighted by atomic mass is 16.5. The smallest absolute Gasteiger partial charge is 0.0707 e. The van der Waals surface area contributed by atoms with Crippen molar-refractivity contribution in [3.8, 4) is 0 Å². The van der Waals surface area contributed by atoms with Gasteiger partial charge in [-0.25, -0.2) is 0 Å². The number of ether oxygens (including phenoxy) is 1. The van der Waals surface area contributed by atoms with Crippen LogP contribution in [0.25, 0.3) is 0 Å². The number of rotatable bonds is 1. The van der Waals surface area contributed by atoms with Crippen molar-refractivity contribution in [3.63, 3.8) is 0 Å². The van der Waals surface area contributed by atoms with Crippen molar-refractivity contribution in [1.82, 2.24) is 5.32 Å². The second-order valence-corrected chi connectivity index (χ2v) is 2.56. The van der Waals surface area contributed by atoms with E-state index in [9.17, 15) is 0 Å². The molecule has 0 aromatic rings. The zero-order valence-corrected chi connectivity index (χ0v) is 7.31. The molecule has 0 spiro atoms. The van der Waals surface area contributed by atoms with Gasteiger partial charge in [-0.2, -0.15) is 0 Å². The predicted molar refractivity (Wildman–Crippen MR) is 44.2 cm³/mol. The van der Waals surface area contributed by atoms with Crippen molar-refractivity contribution < 1.29 is 4.74 Å². The minimum absolute atomic E-state index is 0.486. The molecule has 1 rings (SSSR count). The SMILES string of the molecule is CCC.COC1CCNC1. The molecule has 0 saturated carbocycles. The van der Waals surface area contributed by atoms with E-state index in [1.54, 1.807) is 7.11 Å². The summed E-state index contributed by atoms with van der Waals surface area (Å²) in [6, 6.07) is 0. The second kappa shape index (κ2) is 7.03. The molecule has 0 aliphatic carbocycles. The van der Waals surface area contributed by atoms with E-state index in [-0.39, 0.29) is 0 Å². The van der Waals surface area contributed by atoms with Gasteiger partial charge in [0.05, 0.1) is 6.10 Å². The Kier molecular flexibility index (Phi) is 6.98. The number of nitrogens with one attached hydrogen (secondary N) is 1. The molecule has 1 unspecified atom stereocenters. The van der Waals surface area contributed by atoms with Crippen molar-refractivity contribution in [2.45, 2.75) is 32.8 Å². The first-order valence-electron chi connectivity index (χ1n) is 4.08. The van der Waals surface area contributed by atoms with Crippen LogP contribution in [0.4, 0.5) is 0 Å². The summed E-state index contributed by atoms with van der Waals surface area (Å²) in [5.74, 6) is 0. The van der Waals surface area contributed by atoms with Crippen molar-refractivity contribution in [2.24, 2.45) is 0 Å². The highest BCUT2D eigenvalue weighted by Gasteiger charge is 2.11. The Labute approximate surface area is 64.0 Å². The molecule has 2 nitrogen and oxygen atoms in total. The van der Waals surface area contributed by atoms with Gasteiger partial charge >= 0.3 is 0 Å². The maximum atomic E-state index is 5.05. The molecular formula is C8H19NO. The summed E-state index contributed by atoms with van der Waals surface area (Å²) in [4.78, 5) is 0. The van der Waals surface area contributed by atoms with E-state index in [0.717, 1.165) is 13.1 Å². The van der Waals surface area contributed by atoms with Crippen molar-refractivity contribution in [1.29, 1.82) is 0 Å². The summed E-state index contributed by atoms with van der Waals surface area (Å²) in [6.07, 6.45) is 2.91. The molecule has 1 heterocycles. The van der Waals surface area contributed by atoms with Crippen LogP contribution in [-0.4, -0.2) is 26.3 Å². The average Bonchev–Trinajstić information content (AvgIpc) is 2.39. The largest absolute Gasteiger partial charge is 0.380 e. The van der Waals surface area contributed by atoms with Crippen LogP contribution in [0.1, 0.15) is 26.7 Å². The molecular weight excluding hydrogens is 126 g/mol. The van der Waals surface area contributed by atoms with Crippen LogP contribution in [-0.2, 0) is 4.74 Å². The molecule has 0 amide bonds. The Hall–Kier alpha value is -0.0800.